The van der Waals surface area contributed by atoms with Gasteiger partial charge in [-0.25, -0.2) is 0 Å². The lowest BCUT2D eigenvalue weighted by Crippen LogP contribution is -2.10. The second-order valence-corrected chi connectivity index (χ2v) is 2.53. The van der Waals surface area contributed by atoms with E-state index in [1.165, 1.54) is 0 Å². The molecule has 3 heteroatoms. The van der Waals surface area contributed by atoms with Crippen molar-refractivity contribution < 1.29 is 4.84 Å². The molecule has 1 aromatic carbocycles. The quantitative estimate of drug-likeness (QED) is 0.659. The van der Waals surface area contributed by atoms with Crippen LogP contribution in [0.25, 0.3) is 10.9 Å². The summed E-state index contributed by atoms with van der Waals surface area (Å²) in [7, 11) is 1.73. The highest BCUT2D eigenvalue weighted by Crippen LogP contribution is 2.18. The van der Waals surface area contributed by atoms with Gasteiger partial charge in [-0.15, -0.1) is 0 Å². The van der Waals surface area contributed by atoms with Crippen LogP contribution in [0.4, 0.5) is 0 Å². The fourth-order valence-corrected chi connectivity index (χ4v) is 1.21. The molecule has 2 rings (SSSR count). The van der Waals surface area contributed by atoms with Crippen molar-refractivity contribution in [3.63, 3.8) is 0 Å². The van der Waals surface area contributed by atoms with Gasteiger partial charge in [0.1, 0.15) is 0 Å². The van der Waals surface area contributed by atoms with Gasteiger partial charge in [-0.1, -0.05) is 18.2 Å². The molecule has 2 aromatic rings. The Bertz CT molecular complexity index is 348. The van der Waals surface area contributed by atoms with E-state index < -0.39 is 0 Å². The van der Waals surface area contributed by atoms with E-state index in [0.717, 1.165) is 16.8 Å². The summed E-state index contributed by atoms with van der Waals surface area (Å²) in [5, 5.41) is 1.16. The molecule has 0 aliphatic carbocycles. The number of hydrogen-bond donors (Lipinski definition) is 2. The molecule has 1 aromatic heterocycles. The van der Waals surface area contributed by atoms with Crippen LogP contribution in [-0.4, -0.2) is 12.0 Å². The predicted octanol–water partition coefficient (Wildman–Crippen LogP) is 1.68. The fourth-order valence-electron chi connectivity index (χ4n) is 1.21. The van der Waals surface area contributed by atoms with Crippen LogP contribution in [0.15, 0.2) is 30.3 Å². The fraction of sp³-hybridized carbons (Fsp3) is 0.111. The highest BCUT2D eigenvalue weighted by Gasteiger charge is 1.98. The second kappa shape index (κ2) is 2.87. The Morgan fingerprint density at radius 3 is 2.92 bits per heavy atom. The zero-order valence-electron chi connectivity index (χ0n) is 6.79. The molecule has 0 atom stereocenters. The summed E-state index contributed by atoms with van der Waals surface area (Å²) < 4.78 is 0. The summed E-state index contributed by atoms with van der Waals surface area (Å²) in [4.78, 5) is 8.20. The summed E-state index contributed by atoms with van der Waals surface area (Å²) in [6, 6.07) is 9.99. The third kappa shape index (κ3) is 1.14. The molecular weight excluding hydrogens is 152 g/mol. The summed E-state index contributed by atoms with van der Waals surface area (Å²) in [5.41, 5.74) is 3.70. The third-order valence-electron chi connectivity index (χ3n) is 1.72. The van der Waals surface area contributed by atoms with Crippen LogP contribution in [0.2, 0.25) is 0 Å². The molecule has 2 N–H and O–H groups in total. The molecule has 0 saturated carbocycles. The average molecular weight is 162 g/mol. The van der Waals surface area contributed by atoms with Crippen molar-refractivity contribution in [3.8, 4) is 5.88 Å². The third-order valence-corrected chi connectivity index (χ3v) is 1.72. The second-order valence-electron chi connectivity index (χ2n) is 2.53. The first-order valence-electron chi connectivity index (χ1n) is 3.81. The lowest BCUT2D eigenvalue weighted by Gasteiger charge is -1.95. The van der Waals surface area contributed by atoms with Crippen molar-refractivity contribution >= 4 is 10.9 Å². The molecule has 0 aliphatic rings. The van der Waals surface area contributed by atoms with Crippen LogP contribution in [0, 0.1) is 0 Å². The van der Waals surface area contributed by atoms with Gasteiger partial charge in [0.15, 0.2) is 0 Å². The number of benzene rings is 1. The van der Waals surface area contributed by atoms with Crippen LogP contribution in [0.3, 0.4) is 0 Å². The Morgan fingerprint density at radius 1 is 1.33 bits per heavy atom. The summed E-state index contributed by atoms with van der Waals surface area (Å²) in [6.45, 7) is 0. The Balaban J connectivity index is 2.47. The number of fused-ring (bicyclic) bond motifs is 1. The van der Waals surface area contributed by atoms with E-state index in [1.807, 2.05) is 30.3 Å². The zero-order valence-corrected chi connectivity index (χ0v) is 6.79. The molecule has 0 fully saturated rings. The Kier molecular flexibility index (Phi) is 1.72. The molecule has 0 bridgehead atoms. The molecule has 0 spiro atoms. The Labute approximate surface area is 70.3 Å². The van der Waals surface area contributed by atoms with Gasteiger partial charge in [0, 0.05) is 24.0 Å². The minimum Gasteiger partial charge on any atom is -0.391 e. The Hall–Kier alpha value is -1.48. The minimum atomic E-state index is 0.735. The molecule has 0 radical (unpaired) electrons. The number of hydrogen-bond acceptors (Lipinski definition) is 2. The number of H-pyrrole nitrogens is 1. The van der Waals surface area contributed by atoms with E-state index in [9.17, 15) is 0 Å². The van der Waals surface area contributed by atoms with Crippen LogP contribution >= 0.6 is 0 Å². The van der Waals surface area contributed by atoms with E-state index in [1.54, 1.807) is 7.05 Å². The normalized spacial score (nSPS) is 10.4. The van der Waals surface area contributed by atoms with Gasteiger partial charge in [0.2, 0.25) is 5.88 Å². The van der Waals surface area contributed by atoms with Gasteiger partial charge < -0.3 is 9.82 Å². The largest absolute Gasteiger partial charge is 0.391 e. The van der Waals surface area contributed by atoms with Crippen molar-refractivity contribution in [1.29, 1.82) is 0 Å². The number of hydroxylamine groups is 1. The van der Waals surface area contributed by atoms with Gasteiger partial charge in [0.05, 0.1) is 0 Å². The number of nitrogens with one attached hydrogen (secondary N) is 2. The van der Waals surface area contributed by atoms with Crippen LogP contribution in [0.1, 0.15) is 0 Å². The van der Waals surface area contributed by atoms with E-state index in [4.69, 9.17) is 4.84 Å². The average Bonchev–Trinajstić information content (AvgIpc) is 2.47. The molecule has 0 aliphatic heterocycles. The monoisotopic (exact) mass is 162 g/mol. The number of aromatic nitrogens is 1. The number of aromatic amines is 1. The summed E-state index contributed by atoms with van der Waals surface area (Å²) in [5.74, 6) is 0.735. The zero-order chi connectivity index (χ0) is 8.39. The lowest BCUT2D eigenvalue weighted by atomic mass is 10.3. The van der Waals surface area contributed by atoms with Gasteiger partial charge in [-0.05, 0) is 6.07 Å². The maximum absolute atomic E-state index is 5.09. The SMILES string of the molecule is CNOc1cc2ccccc2[nH]1. The molecule has 0 unspecified atom stereocenters. The van der Waals surface area contributed by atoms with Crippen molar-refractivity contribution in [2.45, 2.75) is 0 Å². The van der Waals surface area contributed by atoms with E-state index in [-0.39, 0.29) is 0 Å². The van der Waals surface area contributed by atoms with Crippen molar-refractivity contribution in [2.24, 2.45) is 0 Å². The van der Waals surface area contributed by atoms with Gasteiger partial charge in [-0.2, -0.15) is 5.48 Å². The van der Waals surface area contributed by atoms with Crippen LogP contribution in [-0.2, 0) is 0 Å². The molecule has 1 heterocycles. The smallest absolute Gasteiger partial charge is 0.217 e. The van der Waals surface area contributed by atoms with E-state index >= 15 is 0 Å². The first kappa shape index (κ1) is 7.18. The Morgan fingerprint density at radius 2 is 2.17 bits per heavy atom. The molecule has 62 valence electrons. The standard InChI is InChI=1S/C9H10N2O/c1-10-12-9-6-7-4-2-3-5-8(7)11-9/h2-6,10-11H,1H3. The molecule has 0 amide bonds. The highest BCUT2D eigenvalue weighted by molar-refractivity contribution is 5.81. The maximum Gasteiger partial charge on any atom is 0.217 e. The number of para-hydroxylation sites is 1. The van der Waals surface area contributed by atoms with Gasteiger partial charge >= 0.3 is 0 Å². The molecule has 12 heavy (non-hydrogen) atoms. The van der Waals surface area contributed by atoms with Gasteiger partial charge in [0.25, 0.3) is 0 Å². The predicted molar refractivity (Wildman–Crippen MR) is 48.0 cm³/mol. The molecular formula is C9H10N2O. The maximum atomic E-state index is 5.09. The molecule has 0 saturated heterocycles. The lowest BCUT2D eigenvalue weighted by molar-refractivity contribution is 0.216. The van der Waals surface area contributed by atoms with E-state index in [2.05, 4.69) is 10.5 Å². The number of rotatable bonds is 2. The first-order valence-corrected chi connectivity index (χ1v) is 3.81. The van der Waals surface area contributed by atoms with Crippen molar-refractivity contribution in [2.75, 3.05) is 7.05 Å². The van der Waals surface area contributed by atoms with Crippen molar-refractivity contribution in [3.05, 3.63) is 30.3 Å². The summed E-state index contributed by atoms with van der Waals surface area (Å²) >= 11 is 0. The molecule has 3 nitrogen and oxygen atoms in total. The van der Waals surface area contributed by atoms with E-state index in [0.29, 0.717) is 0 Å². The first-order chi connectivity index (χ1) is 5.90. The van der Waals surface area contributed by atoms with Gasteiger partial charge in [-0.3, -0.25) is 0 Å². The van der Waals surface area contributed by atoms with Crippen LogP contribution < -0.4 is 10.3 Å². The topological polar surface area (TPSA) is 37.0 Å². The van der Waals surface area contributed by atoms with Crippen molar-refractivity contribution in [1.82, 2.24) is 10.5 Å². The summed E-state index contributed by atoms with van der Waals surface area (Å²) in [6.07, 6.45) is 0. The minimum absolute atomic E-state index is 0.735. The van der Waals surface area contributed by atoms with Crippen LogP contribution in [0.5, 0.6) is 5.88 Å². The highest BCUT2D eigenvalue weighted by atomic mass is 16.6.